The minimum atomic E-state index is -0.482. The van der Waals surface area contributed by atoms with Crippen LogP contribution < -0.4 is 0 Å². The Morgan fingerprint density at radius 1 is 1.32 bits per heavy atom. The van der Waals surface area contributed by atoms with E-state index in [1.165, 1.54) is 12.8 Å². The molecule has 1 unspecified atom stereocenters. The summed E-state index contributed by atoms with van der Waals surface area (Å²) in [5.74, 6) is 0.830. The molecule has 0 amide bonds. The van der Waals surface area contributed by atoms with Gasteiger partial charge >= 0.3 is 0 Å². The average molecular weight is 265 g/mol. The third kappa shape index (κ3) is 2.43. The summed E-state index contributed by atoms with van der Waals surface area (Å²) in [6.07, 6.45) is 7.85. The van der Waals surface area contributed by atoms with Crippen molar-refractivity contribution in [3.8, 4) is 0 Å². The first-order valence-corrected chi connectivity index (χ1v) is 7.63. The molecule has 1 atom stereocenters. The molecule has 0 spiro atoms. The first-order valence-electron chi connectivity index (χ1n) is 7.63. The van der Waals surface area contributed by atoms with Gasteiger partial charge in [-0.3, -0.25) is 4.90 Å². The van der Waals surface area contributed by atoms with Gasteiger partial charge in [-0.05, 0) is 32.9 Å². The Morgan fingerprint density at radius 3 is 2.47 bits per heavy atom. The number of aliphatic hydroxyl groups is 1. The number of imidazole rings is 1. The highest BCUT2D eigenvalue weighted by molar-refractivity contribution is 5.10. The quantitative estimate of drug-likeness (QED) is 0.859. The summed E-state index contributed by atoms with van der Waals surface area (Å²) in [6, 6.07) is 0. The maximum atomic E-state index is 11.0. The van der Waals surface area contributed by atoms with E-state index in [2.05, 4.69) is 35.2 Å². The second-order valence-corrected chi connectivity index (χ2v) is 5.46. The molecule has 1 aliphatic rings. The van der Waals surface area contributed by atoms with Crippen molar-refractivity contribution in [1.82, 2.24) is 14.5 Å². The van der Waals surface area contributed by atoms with Crippen molar-refractivity contribution in [3.05, 3.63) is 18.2 Å². The standard InChI is InChI=1S/C15H27N3O/c1-4-17-12-11-16-14(17)13(19)15(9-7-8-10-15)18(5-2)6-3/h11-13,19H,4-10H2,1-3H3. The van der Waals surface area contributed by atoms with Crippen LogP contribution in [0.25, 0.3) is 0 Å². The number of hydrogen-bond donors (Lipinski definition) is 1. The van der Waals surface area contributed by atoms with Gasteiger partial charge in [-0.2, -0.15) is 0 Å². The molecular formula is C15H27N3O. The van der Waals surface area contributed by atoms with Crippen molar-refractivity contribution in [2.24, 2.45) is 0 Å². The van der Waals surface area contributed by atoms with Gasteiger partial charge in [-0.1, -0.05) is 26.7 Å². The van der Waals surface area contributed by atoms with Gasteiger partial charge in [0.25, 0.3) is 0 Å². The predicted molar refractivity (Wildman–Crippen MR) is 77.0 cm³/mol. The summed E-state index contributed by atoms with van der Waals surface area (Å²) >= 11 is 0. The zero-order valence-electron chi connectivity index (χ0n) is 12.5. The molecule has 4 heteroatoms. The molecule has 2 rings (SSSR count). The molecular weight excluding hydrogens is 238 g/mol. The zero-order chi connectivity index (χ0) is 13.9. The van der Waals surface area contributed by atoms with Crippen molar-refractivity contribution >= 4 is 0 Å². The van der Waals surface area contributed by atoms with Crippen LogP contribution >= 0.6 is 0 Å². The monoisotopic (exact) mass is 265 g/mol. The Hall–Kier alpha value is -0.870. The van der Waals surface area contributed by atoms with E-state index in [1.807, 2.05) is 6.20 Å². The second-order valence-electron chi connectivity index (χ2n) is 5.46. The molecule has 0 radical (unpaired) electrons. The van der Waals surface area contributed by atoms with Crippen LogP contribution in [0.1, 0.15) is 58.4 Å². The van der Waals surface area contributed by atoms with E-state index in [0.29, 0.717) is 0 Å². The fourth-order valence-corrected chi connectivity index (χ4v) is 3.68. The summed E-state index contributed by atoms with van der Waals surface area (Å²) in [4.78, 5) is 6.84. The fraction of sp³-hybridized carbons (Fsp3) is 0.800. The van der Waals surface area contributed by atoms with E-state index in [4.69, 9.17) is 0 Å². The van der Waals surface area contributed by atoms with E-state index >= 15 is 0 Å². The van der Waals surface area contributed by atoms with Crippen LogP contribution in [-0.2, 0) is 6.54 Å². The fourth-order valence-electron chi connectivity index (χ4n) is 3.68. The largest absolute Gasteiger partial charge is 0.383 e. The molecule has 0 aliphatic heterocycles. The summed E-state index contributed by atoms with van der Waals surface area (Å²) in [7, 11) is 0. The van der Waals surface area contributed by atoms with Crippen LogP contribution in [-0.4, -0.2) is 38.2 Å². The number of aromatic nitrogens is 2. The lowest BCUT2D eigenvalue weighted by atomic mass is 9.87. The van der Waals surface area contributed by atoms with Crippen molar-refractivity contribution in [3.63, 3.8) is 0 Å². The van der Waals surface area contributed by atoms with Gasteiger partial charge in [-0.25, -0.2) is 4.98 Å². The third-order valence-corrected chi connectivity index (χ3v) is 4.70. The Balaban J connectivity index is 2.33. The smallest absolute Gasteiger partial charge is 0.139 e. The van der Waals surface area contributed by atoms with Gasteiger partial charge in [0.1, 0.15) is 11.9 Å². The Labute approximate surface area is 116 Å². The summed E-state index contributed by atoms with van der Waals surface area (Å²) in [5, 5.41) is 11.0. The average Bonchev–Trinajstić information content (AvgIpc) is 3.08. The molecule has 1 aliphatic carbocycles. The SMILES string of the molecule is CCN(CC)C1(C(O)c2nccn2CC)CCCC1. The Bertz CT molecular complexity index is 392. The van der Waals surface area contributed by atoms with Crippen LogP contribution in [0.4, 0.5) is 0 Å². The van der Waals surface area contributed by atoms with Crippen molar-refractivity contribution in [2.75, 3.05) is 13.1 Å². The predicted octanol–water partition coefficient (Wildman–Crippen LogP) is 2.59. The zero-order valence-corrected chi connectivity index (χ0v) is 12.5. The van der Waals surface area contributed by atoms with Crippen molar-refractivity contribution in [1.29, 1.82) is 0 Å². The maximum Gasteiger partial charge on any atom is 0.139 e. The van der Waals surface area contributed by atoms with Gasteiger partial charge in [0.2, 0.25) is 0 Å². The lowest BCUT2D eigenvalue weighted by Crippen LogP contribution is -2.51. The van der Waals surface area contributed by atoms with Crippen LogP contribution in [0.5, 0.6) is 0 Å². The van der Waals surface area contributed by atoms with E-state index in [0.717, 1.165) is 38.3 Å². The van der Waals surface area contributed by atoms with Crippen LogP contribution in [0.3, 0.4) is 0 Å². The van der Waals surface area contributed by atoms with Gasteiger partial charge < -0.3 is 9.67 Å². The first kappa shape index (κ1) is 14.5. The highest BCUT2D eigenvalue weighted by atomic mass is 16.3. The summed E-state index contributed by atoms with van der Waals surface area (Å²) < 4.78 is 2.06. The summed E-state index contributed by atoms with van der Waals surface area (Å²) in [6.45, 7) is 9.29. The molecule has 0 bridgehead atoms. The first-order chi connectivity index (χ1) is 9.19. The van der Waals surface area contributed by atoms with E-state index in [9.17, 15) is 5.11 Å². The number of aryl methyl sites for hydroxylation is 1. The van der Waals surface area contributed by atoms with Gasteiger partial charge in [0.05, 0.1) is 5.54 Å². The number of nitrogens with zero attached hydrogens (tertiary/aromatic N) is 3. The van der Waals surface area contributed by atoms with Gasteiger partial charge in [0.15, 0.2) is 0 Å². The molecule has 1 heterocycles. The summed E-state index contributed by atoms with van der Waals surface area (Å²) in [5.41, 5.74) is -0.109. The lowest BCUT2D eigenvalue weighted by Gasteiger charge is -2.43. The second kappa shape index (κ2) is 6.06. The highest BCUT2D eigenvalue weighted by Gasteiger charge is 2.46. The molecule has 4 nitrogen and oxygen atoms in total. The molecule has 1 saturated carbocycles. The Morgan fingerprint density at radius 2 is 1.95 bits per heavy atom. The van der Waals surface area contributed by atoms with Gasteiger partial charge in [0, 0.05) is 18.9 Å². The van der Waals surface area contributed by atoms with Gasteiger partial charge in [-0.15, -0.1) is 0 Å². The Kier molecular flexibility index (Phi) is 4.63. The maximum absolute atomic E-state index is 11.0. The molecule has 0 saturated heterocycles. The number of aliphatic hydroxyl groups excluding tert-OH is 1. The molecule has 1 aromatic heterocycles. The van der Waals surface area contributed by atoms with Crippen molar-refractivity contribution < 1.29 is 5.11 Å². The molecule has 19 heavy (non-hydrogen) atoms. The minimum Gasteiger partial charge on any atom is -0.383 e. The molecule has 1 fully saturated rings. The minimum absolute atomic E-state index is 0.109. The number of rotatable bonds is 6. The third-order valence-electron chi connectivity index (χ3n) is 4.70. The topological polar surface area (TPSA) is 41.3 Å². The lowest BCUT2D eigenvalue weighted by molar-refractivity contribution is -0.0330. The van der Waals surface area contributed by atoms with Crippen LogP contribution in [0.15, 0.2) is 12.4 Å². The van der Waals surface area contributed by atoms with Crippen LogP contribution in [0.2, 0.25) is 0 Å². The van der Waals surface area contributed by atoms with E-state index in [-0.39, 0.29) is 5.54 Å². The normalized spacial score (nSPS) is 20.1. The molecule has 108 valence electrons. The van der Waals surface area contributed by atoms with E-state index in [1.54, 1.807) is 6.20 Å². The van der Waals surface area contributed by atoms with Crippen LogP contribution in [0, 0.1) is 0 Å². The molecule has 1 N–H and O–H groups in total. The number of likely N-dealkylation sites (N-methyl/N-ethyl adjacent to an activating group) is 1. The molecule has 1 aromatic rings. The molecule has 0 aromatic carbocycles. The van der Waals surface area contributed by atoms with E-state index < -0.39 is 6.10 Å². The highest BCUT2D eigenvalue weighted by Crippen LogP contribution is 2.44. The number of hydrogen-bond acceptors (Lipinski definition) is 3. The van der Waals surface area contributed by atoms with Crippen molar-refractivity contribution in [2.45, 2.75) is 64.6 Å².